The molecule has 2 heterocycles. The van der Waals surface area contributed by atoms with Crippen LogP contribution < -0.4 is 0 Å². The SMILES string of the molecule is CC1=CC(C)N(C(C)C/C=C2\CC(C)N(C(C)C)C2=O)C1=O. The minimum absolute atomic E-state index is 0.111. The van der Waals surface area contributed by atoms with E-state index in [1.807, 2.05) is 35.8 Å². The van der Waals surface area contributed by atoms with E-state index < -0.39 is 0 Å². The zero-order valence-corrected chi connectivity index (χ0v) is 14.6. The molecule has 0 aromatic carbocycles. The second-order valence-electron chi connectivity index (χ2n) is 6.98. The summed E-state index contributed by atoms with van der Waals surface area (Å²) in [6.07, 6.45) is 5.59. The quantitative estimate of drug-likeness (QED) is 0.749. The fraction of sp³-hybridized carbons (Fsp3) is 0.667. The van der Waals surface area contributed by atoms with Crippen LogP contribution in [-0.2, 0) is 9.59 Å². The van der Waals surface area contributed by atoms with E-state index >= 15 is 0 Å². The molecule has 2 aliphatic heterocycles. The van der Waals surface area contributed by atoms with Crippen molar-refractivity contribution in [3.63, 3.8) is 0 Å². The number of amides is 2. The molecule has 3 unspecified atom stereocenters. The smallest absolute Gasteiger partial charge is 0.250 e. The highest BCUT2D eigenvalue weighted by Crippen LogP contribution is 2.28. The molecule has 0 spiro atoms. The van der Waals surface area contributed by atoms with Crippen LogP contribution >= 0.6 is 0 Å². The van der Waals surface area contributed by atoms with Crippen molar-refractivity contribution in [1.82, 2.24) is 9.80 Å². The number of carbonyl (C=O) groups excluding carboxylic acids is 2. The summed E-state index contributed by atoms with van der Waals surface area (Å²) in [4.78, 5) is 28.5. The van der Waals surface area contributed by atoms with Gasteiger partial charge in [-0.3, -0.25) is 9.59 Å². The van der Waals surface area contributed by atoms with Crippen LogP contribution in [0.2, 0.25) is 0 Å². The van der Waals surface area contributed by atoms with E-state index in [4.69, 9.17) is 0 Å². The fourth-order valence-electron chi connectivity index (χ4n) is 3.71. The molecule has 2 amide bonds. The van der Waals surface area contributed by atoms with Crippen molar-refractivity contribution in [1.29, 1.82) is 0 Å². The Morgan fingerprint density at radius 2 is 1.82 bits per heavy atom. The van der Waals surface area contributed by atoms with Gasteiger partial charge in [0, 0.05) is 35.3 Å². The minimum atomic E-state index is 0.111. The lowest BCUT2D eigenvalue weighted by Gasteiger charge is -2.28. The van der Waals surface area contributed by atoms with E-state index in [0.717, 1.165) is 24.0 Å². The van der Waals surface area contributed by atoms with Crippen molar-refractivity contribution in [2.24, 2.45) is 0 Å². The van der Waals surface area contributed by atoms with E-state index in [1.165, 1.54) is 0 Å². The molecule has 3 atom stereocenters. The Labute approximate surface area is 133 Å². The highest BCUT2D eigenvalue weighted by Gasteiger charge is 2.34. The number of hydrogen-bond donors (Lipinski definition) is 0. The van der Waals surface area contributed by atoms with Gasteiger partial charge >= 0.3 is 0 Å². The van der Waals surface area contributed by atoms with E-state index in [2.05, 4.69) is 27.7 Å². The second-order valence-corrected chi connectivity index (χ2v) is 6.98. The lowest BCUT2D eigenvalue weighted by molar-refractivity contribution is -0.128. The molecule has 1 saturated heterocycles. The maximum Gasteiger partial charge on any atom is 0.250 e. The van der Waals surface area contributed by atoms with Crippen LogP contribution in [0.25, 0.3) is 0 Å². The van der Waals surface area contributed by atoms with Crippen LogP contribution in [0.4, 0.5) is 0 Å². The largest absolute Gasteiger partial charge is 0.333 e. The van der Waals surface area contributed by atoms with Gasteiger partial charge in [-0.15, -0.1) is 0 Å². The Bertz CT molecular complexity index is 533. The monoisotopic (exact) mass is 304 g/mol. The summed E-state index contributed by atoms with van der Waals surface area (Å²) < 4.78 is 0. The first-order valence-electron chi connectivity index (χ1n) is 8.26. The minimum Gasteiger partial charge on any atom is -0.333 e. The molecular weight excluding hydrogens is 276 g/mol. The van der Waals surface area contributed by atoms with E-state index in [9.17, 15) is 9.59 Å². The topological polar surface area (TPSA) is 40.6 Å². The lowest BCUT2D eigenvalue weighted by atomic mass is 10.1. The average Bonchev–Trinajstić information content (AvgIpc) is 2.83. The molecule has 0 saturated carbocycles. The number of likely N-dealkylation sites (tertiary alicyclic amines) is 1. The van der Waals surface area contributed by atoms with Crippen molar-refractivity contribution < 1.29 is 9.59 Å². The Hall–Kier alpha value is -1.58. The first-order valence-corrected chi connectivity index (χ1v) is 8.26. The number of hydrogen-bond acceptors (Lipinski definition) is 2. The molecule has 1 fully saturated rings. The summed E-state index contributed by atoms with van der Waals surface area (Å²) in [5.74, 6) is 0.276. The highest BCUT2D eigenvalue weighted by atomic mass is 16.2. The van der Waals surface area contributed by atoms with Gasteiger partial charge in [-0.1, -0.05) is 12.2 Å². The van der Waals surface area contributed by atoms with Crippen molar-refractivity contribution in [3.05, 3.63) is 23.3 Å². The van der Waals surface area contributed by atoms with Gasteiger partial charge in [0.1, 0.15) is 0 Å². The predicted molar refractivity (Wildman–Crippen MR) is 88.3 cm³/mol. The van der Waals surface area contributed by atoms with Crippen molar-refractivity contribution in [3.8, 4) is 0 Å². The first-order chi connectivity index (χ1) is 10.2. The van der Waals surface area contributed by atoms with Gasteiger partial charge in [-0.05, 0) is 54.4 Å². The molecule has 0 aliphatic carbocycles. The molecule has 0 bridgehead atoms. The van der Waals surface area contributed by atoms with Crippen molar-refractivity contribution >= 4 is 11.8 Å². The van der Waals surface area contributed by atoms with Gasteiger partial charge in [0.25, 0.3) is 0 Å². The maximum absolute atomic E-state index is 12.4. The Morgan fingerprint density at radius 1 is 1.18 bits per heavy atom. The standard InChI is InChI=1S/C18H28N2O2/c1-11(2)19-15(6)10-16(18(19)22)8-7-13(4)20-14(5)9-12(3)17(20)21/h8-9,11,13-15H,7,10H2,1-6H3/b16-8+. The van der Waals surface area contributed by atoms with E-state index in [0.29, 0.717) is 0 Å². The van der Waals surface area contributed by atoms with E-state index in [-0.39, 0.29) is 36.0 Å². The van der Waals surface area contributed by atoms with Crippen LogP contribution in [0.3, 0.4) is 0 Å². The van der Waals surface area contributed by atoms with Crippen molar-refractivity contribution in [2.75, 3.05) is 0 Å². The summed E-state index contributed by atoms with van der Waals surface area (Å²) in [7, 11) is 0. The van der Waals surface area contributed by atoms with Gasteiger partial charge in [0.15, 0.2) is 0 Å². The number of rotatable bonds is 4. The van der Waals surface area contributed by atoms with Crippen LogP contribution in [0.15, 0.2) is 23.3 Å². The average molecular weight is 304 g/mol. The third kappa shape index (κ3) is 2.96. The summed E-state index contributed by atoms with van der Waals surface area (Å²) in [5, 5.41) is 0. The van der Waals surface area contributed by atoms with Gasteiger partial charge < -0.3 is 9.80 Å². The fourth-order valence-corrected chi connectivity index (χ4v) is 3.71. The highest BCUT2D eigenvalue weighted by molar-refractivity contribution is 5.97. The molecule has 4 nitrogen and oxygen atoms in total. The number of carbonyl (C=O) groups is 2. The third-order valence-electron chi connectivity index (χ3n) is 4.74. The summed E-state index contributed by atoms with van der Waals surface area (Å²) in [5.41, 5.74) is 1.72. The molecule has 0 aromatic heterocycles. The second kappa shape index (κ2) is 6.27. The summed E-state index contributed by atoms with van der Waals surface area (Å²) in [6, 6.07) is 0.759. The lowest BCUT2D eigenvalue weighted by Crippen LogP contribution is -2.40. The zero-order chi connectivity index (χ0) is 16.6. The number of nitrogens with zero attached hydrogens (tertiary/aromatic N) is 2. The molecular formula is C18H28N2O2. The Kier molecular flexibility index (Phi) is 4.78. The van der Waals surface area contributed by atoms with Crippen LogP contribution in [-0.4, -0.2) is 45.8 Å². The predicted octanol–water partition coefficient (Wildman–Crippen LogP) is 2.90. The molecule has 0 aromatic rings. The van der Waals surface area contributed by atoms with Crippen molar-refractivity contribution in [2.45, 2.75) is 78.6 Å². The Balaban J connectivity index is 2.04. The zero-order valence-electron chi connectivity index (χ0n) is 14.6. The van der Waals surface area contributed by atoms with Gasteiger partial charge in [0.2, 0.25) is 11.8 Å². The van der Waals surface area contributed by atoms with E-state index in [1.54, 1.807) is 0 Å². The normalized spacial score (nSPS) is 29.0. The van der Waals surface area contributed by atoms with Crippen LogP contribution in [0.5, 0.6) is 0 Å². The van der Waals surface area contributed by atoms with Crippen LogP contribution in [0.1, 0.15) is 54.4 Å². The summed E-state index contributed by atoms with van der Waals surface area (Å²) >= 11 is 0. The molecule has 122 valence electrons. The molecule has 0 radical (unpaired) electrons. The van der Waals surface area contributed by atoms with Crippen LogP contribution in [0, 0.1) is 0 Å². The molecule has 2 rings (SSSR count). The molecule has 2 aliphatic rings. The van der Waals surface area contributed by atoms with Gasteiger partial charge in [-0.25, -0.2) is 0 Å². The summed E-state index contributed by atoms with van der Waals surface area (Å²) in [6.45, 7) is 12.2. The Morgan fingerprint density at radius 3 is 2.27 bits per heavy atom. The third-order valence-corrected chi connectivity index (χ3v) is 4.74. The molecule has 0 N–H and O–H groups in total. The maximum atomic E-state index is 12.4. The van der Waals surface area contributed by atoms with Gasteiger partial charge in [0.05, 0.1) is 0 Å². The molecule has 4 heteroatoms. The molecule has 22 heavy (non-hydrogen) atoms. The first kappa shape index (κ1) is 16.8. The van der Waals surface area contributed by atoms with Gasteiger partial charge in [-0.2, -0.15) is 0 Å².